The lowest BCUT2D eigenvalue weighted by Gasteiger charge is -2.15. The van der Waals surface area contributed by atoms with Crippen LogP contribution in [0.4, 0.5) is 5.69 Å². The molecule has 0 spiro atoms. The average molecular weight is 382 g/mol. The third kappa shape index (κ3) is 5.33. The van der Waals surface area contributed by atoms with Crippen LogP contribution >= 0.6 is 0 Å². The van der Waals surface area contributed by atoms with Gasteiger partial charge in [-0.05, 0) is 54.8 Å². The van der Waals surface area contributed by atoms with Crippen LogP contribution in [0.5, 0.6) is 5.75 Å². The summed E-state index contributed by atoms with van der Waals surface area (Å²) in [4.78, 5) is 12.4. The molecule has 0 saturated carbocycles. The summed E-state index contributed by atoms with van der Waals surface area (Å²) >= 11 is 0. The molecule has 0 aliphatic carbocycles. The lowest BCUT2D eigenvalue weighted by atomic mass is 10.1. The molecule has 4 nitrogen and oxygen atoms in total. The van der Waals surface area contributed by atoms with Gasteiger partial charge in [-0.25, -0.2) is 0 Å². The van der Waals surface area contributed by atoms with Crippen LogP contribution in [0.1, 0.15) is 29.7 Å². The van der Waals surface area contributed by atoms with E-state index in [2.05, 4.69) is 5.32 Å². The van der Waals surface area contributed by atoms with E-state index in [1.807, 2.05) is 98.8 Å². The Hall–Kier alpha value is -3.84. The summed E-state index contributed by atoms with van der Waals surface area (Å²) < 4.78 is 5.96. The van der Waals surface area contributed by atoms with Crippen molar-refractivity contribution in [2.45, 2.75) is 20.0 Å². The molecule has 0 aliphatic rings. The third-order valence-electron chi connectivity index (χ3n) is 4.53. The van der Waals surface area contributed by atoms with Crippen molar-refractivity contribution >= 4 is 17.7 Å². The Morgan fingerprint density at radius 1 is 1.00 bits per heavy atom. The van der Waals surface area contributed by atoms with E-state index >= 15 is 0 Å². The van der Waals surface area contributed by atoms with E-state index in [1.54, 1.807) is 6.08 Å². The van der Waals surface area contributed by atoms with Crippen molar-refractivity contribution in [2.24, 2.45) is 0 Å². The number of para-hydroxylation sites is 1. The minimum absolute atomic E-state index is 0.0413. The number of nitrogens with one attached hydrogen (secondary N) is 1. The second kappa shape index (κ2) is 9.38. The van der Waals surface area contributed by atoms with Crippen molar-refractivity contribution in [2.75, 3.05) is 5.32 Å². The number of amides is 1. The molecule has 29 heavy (non-hydrogen) atoms. The van der Waals surface area contributed by atoms with Gasteiger partial charge in [0, 0.05) is 5.69 Å². The van der Waals surface area contributed by atoms with Crippen molar-refractivity contribution in [3.63, 3.8) is 0 Å². The predicted molar refractivity (Wildman–Crippen MR) is 115 cm³/mol. The molecule has 0 aliphatic heterocycles. The fourth-order valence-corrected chi connectivity index (χ4v) is 2.86. The maximum atomic E-state index is 12.4. The van der Waals surface area contributed by atoms with Crippen LogP contribution in [0.3, 0.4) is 0 Å². The molecular formula is C25H22N2O2. The SMILES string of the molecule is Cc1ccccc1NC(=O)/C(C#N)=C/c1ccc(O[C@H](C)c2ccccc2)cc1. The lowest BCUT2D eigenvalue weighted by Crippen LogP contribution is -2.14. The first-order valence-electron chi connectivity index (χ1n) is 9.37. The van der Waals surface area contributed by atoms with Crippen LogP contribution in [-0.4, -0.2) is 5.91 Å². The monoisotopic (exact) mass is 382 g/mol. The third-order valence-corrected chi connectivity index (χ3v) is 4.53. The molecule has 4 heteroatoms. The highest BCUT2D eigenvalue weighted by molar-refractivity contribution is 6.09. The molecule has 1 N–H and O–H groups in total. The number of aryl methyl sites for hydroxylation is 1. The van der Waals surface area contributed by atoms with Gasteiger partial charge in [0.2, 0.25) is 0 Å². The number of benzene rings is 3. The maximum Gasteiger partial charge on any atom is 0.266 e. The van der Waals surface area contributed by atoms with Crippen LogP contribution in [-0.2, 0) is 4.79 Å². The number of nitrogens with zero attached hydrogens (tertiary/aromatic N) is 1. The first-order valence-corrected chi connectivity index (χ1v) is 9.37. The minimum Gasteiger partial charge on any atom is -0.486 e. The molecule has 0 bridgehead atoms. The van der Waals surface area contributed by atoms with E-state index in [9.17, 15) is 10.1 Å². The second-order valence-electron chi connectivity index (χ2n) is 6.68. The van der Waals surface area contributed by atoms with Crippen molar-refractivity contribution in [3.8, 4) is 11.8 Å². The highest BCUT2D eigenvalue weighted by Crippen LogP contribution is 2.23. The van der Waals surface area contributed by atoms with E-state index in [-0.39, 0.29) is 11.7 Å². The van der Waals surface area contributed by atoms with Gasteiger partial charge in [-0.1, -0.05) is 60.7 Å². The normalized spacial score (nSPS) is 12.0. The summed E-state index contributed by atoms with van der Waals surface area (Å²) in [5.41, 5.74) is 3.52. The van der Waals surface area contributed by atoms with Gasteiger partial charge in [-0.2, -0.15) is 5.26 Å². The van der Waals surface area contributed by atoms with Crippen molar-refractivity contribution in [1.29, 1.82) is 5.26 Å². The number of rotatable bonds is 6. The van der Waals surface area contributed by atoms with Crippen LogP contribution in [0.25, 0.3) is 6.08 Å². The fraction of sp³-hybridized carbons (Fsp3) is 0.120. The van der Waals surface area contributed by atoms with Gasteiger partial charge in [0.1, 0.15) is 23.5 Å². The number of carbonyl (C=O) groups is 1. The lowest BCUT2D eigenvalue weighted by molar-refractivity contribution is -0.112. The summed E-state index contributed by atoms with van der Waals surface area (Å²) in [5.74, 6) is 0.293. The molecule has 144 valence electrons. The number of ether oxygens (including phenoxy) is 1. The Labute approximate surface area is 171 Å². The van der Waals surface area contributed by atoms with Crippen molar-refractivity contribution in [3.05, 3.63) is 101 Å². The molecule has 0 heterocycles. The minimum atomic E-state index is -0.431. The molecule has 1 amide bonds. The van der Waals surface area contributed by atoms with Gasteiger partial charge >= 0.3 is 0 Å². The molecule has 0 fully saturated rings. The Balaban J connectivity index is 1.69. The Kier molecular flexibility index (Phi) is 6.44. The van der Waals surface area contributed by atoms with E-state index in [0.717, 1.165) is 22.4 Å². The second-order valence-corrected chi connectivity index (χ2v) is 6.68. The zero-order chi connectivity index (χ0) is 20.6. The first kappa shape index (κ1) is 19.9. The summed E-state index contributed by atoms with van der Waals surface area (Å²) in [7, 11) is 0. The molecule has 0 aromatic heterocycles. The number of nitriles is 1. The highest BCUT2D eigenvalue weighted by Gasteiger charge is 2.11. The quantitative estimate of drug-likeness (QED) is 0.441. The van der Waals surface area contributed by atoms with E-state index in [0.29, 0.717) is 5.69 Å². The molecule has 3 rings (SSSR count). The molecule has 3 aromatic rings. The van der Waals surface area contributed by atoms with Crippen LogP contribution in [0.2, 0.25) is 0 Å². The zero-order valence-corrected chi connectivity index (χ0v) is 16.4. The Morgan fingerprint density at radius 3 is 2.31 bits per heavy atom. The van der Waals surface area contributed by atoms with E-state index in [4.69, 9.17) is 4.74 Å². The number of hydrogen-bond acceptors (Lipinski definition) is 3. The van der Waals surface area contributed by atoms with Gasteiger partial charge in [-0.3, -0.25) is 4.79 Å². The average Bonchev–Trinajstić information content (AvgIpc) is 2.75. The summed E-state index contributed by atoms with van der Waals surface area (Å²) in [6.07, 6.45) is 1.49. The maximum absolute atomic E-state index is 12.4. The Morgan fingerprint density at radius 2 is 1.66 bits per heavy atom. The molecule has 1 atom stereocenters. The molecule has 0 radical (unpaired) electrons. The molecule has 3 aromatic carbocycles. The molecule has 0 saturated heterocycles. The topological polar surface area (TPSA) is 62.1 Å². The van der Waals surface area contributed by atoms with Gasteiger partial charge < -0.3 is 10.1 Å². The van der Waals surface area contributed by atoms with Gasteiger partial charge in [0.05, 0.1) is 0 Å². The standard InChI is InChI=1S/C25H22N2O2/c1-18-8-6-7-11-24(18)27-25(28)22(17-26)16-20-12-14-23(15-13-20)29-19(2)21-9-4-3-5-10-21/h3-16,19H,1-2H3,(H,27,28)/b22-16+/t19-/m1/s1. The van der Waals surface area contributed by atoms with E-state index in [1.165, 1.54) is 0 Å². The fourth-order valence-electron chi connectivity index (χ4n) is 2.86. The van der Waals surface area contributed by atoms with Crippen LogP contribution in [0.15, 0.2) is 84.4 Å². The van der Waals surface area contributed by atoms with Crippen molar-refractivity contribution in [1.82, 2.24) is 0 Å². The van der Waals surface area contributed by atoms with Gasteiger partial charge in [0.25, 0.3) is 5.91 Å². The summed E-state index contributed by atoms with van der Waals surface area (Å²) in [6, 6.07) is 26.7. The summed E-state index contributed by atoms with van der Waals surface area (Å²) in [5, 5.41) is 12.2. The number of anilines is 1. The largest absolute Gasteiger partial charge is 0.486 e. The number of carbonyl (C=O) groups excluding carboxylic acids is 1. The summed E-state index contributed by atoms with van der Waals surface area (Å²) in [6.45, 7) is 3.90. The first-order chi connectivity index (χ1) is 14.1. The molecular weight excluding hydrogens is 360 g/mol. The molecule has 0 unspecified atom stereocenters. The van der Waals surface area contributed by atoms with Crippen molar-refractivity contribution < 1.29 is 9.53 Å². The smallest absolute Gasteiger partial charge is 0.266 e. The van der Waals surface area contributed by atoms with Crippen LogP contribution < -0.4 is 10.1 Å². The Bertz CT molecular complexity index is 1050. The highest BCUT2D eigenvalue weighted by atomic mass is 16.5. The predicted octanol–water partition coefficient (Wildman–Crippen LogP) is 5.68. The van der Waals surface area contributed by atoms with E-state index < -0.39 is 5.91 Å². The van der Waals surface area contributed by atoms with Gasteiger partial charge in [-0.15, -0.1) is 0 Å². The number of hydrogen-bond donors (Lipinski definition) is 1. The zero-order valence-electron chi connectivity index (χ0n) is 16.4. The van der Waals surface area contributed by atoms with Gasteiger partial charge in [0.15, 0.2) is 0 Å². The van der Waals surface area contributed by atoms with Crippen LogP contribution in [0, 0.1) is 18.3 Å².